The van der Waals surface area contributed by atoms with Gasteiger partial charge in [0.05, 0.1) is 18.8 Å². The molecule has 0 aliphatic heterocycles. The highest BCUT2D eigenvalue weighted by Crippen LogP contribution is 2.28. The van der Waals surface area contributed by atoms with E-state index in [-0.39, 0.29) is 17.6 Å². The first kappa shape index (κ1) is 12.9. The Morgan fingerprint density at radius 3 is 2.08 bits per heavy atom. The Hall–Kier alpha value is -0.120. The van der Waals surface area contributed by atoms with Crippen LogP contribution >= 0.6 is 0 Å². The van der Waals surface area contributed by atoms with E-state index >= 15 is 0 Å². The molecule has 0 spiro atoms. The van der Waals surface area contributed by atoms with Crippen LogP contribution in [0.4, 0.5) is 0 Å². The fraction of sp³-hybridized carbons (Fsp3) is 1.00. The molecule has 0 saturated carbocycles. The molecule has 1 atom stereocenters. The summed E-state index contributed by atoms with van der Waals surface area (Å²) in [5.74, 6) is 0. The predicted octanol–water partition coefficient (Wildman–Crippen LogP) is 1.15. The van der Waals surface area contributed by atoms with Gasteiger partial charge in [0.25, 0.3) is 0 Å². The molecular weight excluding hydrogens is 166 g/mol. The monoisotopic (exact) mass is 189 g/mol. The molecule has 80 valence electrons. The SMILES string of the molecule is CC(C)(C)CC(C)(CN)OCCO. The van der Waals surface area contributed by atoms with Crippen molar-refractivity contribution < 1.29 is 9.84 Å². The average molecular weight is 189 g/mol. The summed E-state index contributed by atoms with van der Waals surface area (Å²) in [6.45, 7) is 9.37. The van der Waals surface area contributed by atoms with Crippen LogP contribution in [0, 0.1) is 5.41 Å². The minimum Gasteiger partial charge on any atom is -0.394 e. The second kappa shape index (κ2) is 4.94. The molecule has 0 aliphatic carbocycles. The molecule has 0 bridgehead atoms. The standard InChI is InChI=1S/C10H23NO2/c1-9(2,3)7-10(4,8-11)13-6-5-12/h12H,5-8,11H2,1-4H3. The zero-order valence-corrected chi connectivity index (χ0v) is 9.26. The molecule has 0 aliphatic rings. The molecule has 3 heteroatoms. The van der Waals surface area contributed by atoms with E-state index in [2.05, 4.69) is 20.8 Å². The summed E-state index contributed by atoms with van der Waals surface area (Å²) >= 11 is 0. The third-order valence-corrected chi connectivity index (χ3v) is 1.88. The molecule has 0 radical (unpaired) electrons. The Morgan fingerprint density at radius 1 is 1.23 bits per heavy atom. The van der Waals surface area contributed by atoms with Crippen LogP contribution in [0.5, 0.6) is 0 Å². The fourth-order valence-electron chi connectivity index (χ4n) is 1.60. The summed E-state index contributed by atoms with van der Waals surface area (Å²) in [7, 11) is 0. The Bertz CT molecular complexity index is 142. The van der Waals surface area contributed by atoms with Crippen LogP contribution in [-0.4, -0.2) is 30.5 Å². The number of hydrogen-bond donors (Lipinski definition) is 2. The maximum atomic E-state index is 8.66. The van der Waals surface area contributed by atoms with Gasteiger partial charge in [-0.15, -0.1) is 0 Å². The van der Waals surface area contributed by atoms with E-state index in [0.717, 1.165) is 6.42 Å². The van der Waals surface area contributed by atoms with Crippen LogP contribution in [-0.2, 0) is 4.74 Å². The summed E-state index contributed by atoms with van der Waals surface area (Å²) in [4.78, 5) is 0. The van der Waals surface area contributed by atoms with Gasteiger partial charge in [-0.3, -0.25) is 0 Å². The van der Waals surface area contributed by atoms with Gasteiger partial charge in [-0.25, -0.2) is 0 Å². The molecule has 0 fully saturated rings. The van der Waals surface area contributed by atoms with Crippen molar-refractivity contribution in [3.63, 3.8) is 0 Å². The van der Waals surface area contributed by atoms with Gasteiger partial charge in [0.2, 0.25) is 0 Å². The van der Waals surface area contributed by atoms with Crippen LogP contribution < -0.4 is 5.73 Å². The lowest BCUT2D eigenvalue weighted by molar-refractivity contribution is -0.0615. The van der Waals surface area contributed by atoms with E-state index in [1.54, 1.807) is 0 Å². The first-order valence-corrected chi connectivity index (χ1v) is 4.78. The van der Waals surface area contributed by atoms with Crippen LogP contribution in [0.1, 0.15) is 34.1 Å². The average Bonchev–Trinajstić information content (AvgIpc) is 1.98. The maximum absolute atomic E-state index is 8.66. The van der Waals surface area contributed by atoms with E-state index in [4.69, 9.17) is 15.6 Å². The molecule has 3 N–H and O–H groups in total. The lowest BCUT2D eigenvalue weighted by Gasteiger charge is -2.34. The van der Waals surface area contributed by atoms with Gasteiger partial charge in [-0.05, 0) is 18.8 Å². The second-order valence-corrected chi connectivity index (χ2v) is 4.96. The van der Waals surface area contributed by atoms with Crippen molar-refractivity contribution in [3.8, 4) is 0 Å². The highest BCUT2D eigenvalue weighted by Gasteiger charge is 2.29. The van der Waals surface area contributed by atoms with Crippen LogP contribution in [0.3, 0.4) is 0 Å². The van der Waals surface area contributed by atoms with Crippen molar-refractivity contribution in [2.75, 3.05) is 19.8 Å². The van der Waals surface area contributed by atoms with E-state index in [1.807, 2.05) is 6.92 Å². The first-order chi connectivity index (χ1) is 5.83. The summed E-state index contributed by atoms with van der Waals surface area (Å²) in [5, 5.41) is 8.66. The highest BCUT2D eigenvalue weighted by atomic mass is 16.5. The Balaban J connectivity index is 4.11. The Labute approximate surface area is 81.3 Å². The van der Waals surface area contributed by atoms with Gasteiger partial charge in [0.1, 0.15) is 0 Å². The molecule has 0 saturated heterocycles. The van der Waals surface area contributed by atoms with Crippen molar-refractivity contribution >= 4 is 0 Å². The van der Waals surface area contributed by atoms with Crippen molar-refractivity contribution in [1.82, 2.24) is 0 Å². The topological polar surface area (TPSA) is 55.5 Å². The number of ether oxygens (including phenoxy) is 1. The van der Waals surface area contributed by atoms with Crippen molar-refractivity contribution in [2.45, 2.75) is 39.7 Å². The lowest BCUT2D eigenvalue weighted by atomic mass is 9.82. The minimum absolute atomic E-state index is 0.0553. The minimum atomic E-state index is -0.305. The third-order valence-electron chi connectivity index (χ3n) is 1.88. The molecule has 0 aromatic carbocycles. The first-order valence-electron chi connectivity index (χ1n) is 4.78. The quantitative estimate of drug-likeness (QED) is 0.682. The smallest absolute Gasteiger partial charge is 0.0782 e. The van der Waals surface area contributed by atoms with Gasteiger partial charge in [-0.2, -0.15) is 0 Å². The molecule has 0 heterocycles. The normalized spacial score (nSPS) is 17.1. The van der Waals surface area contributed by atoms with Crippen molar-refractivity contribution in [3.05, 3.63) is 0 Å². The molecule has 0 rings (SSSR count). The van der Waals surface area contributed by atoms with Crippen molar-refractivity contribution in [1.29, 1.82) is 0 Å². The molecule has 1 unspecified atom stereocenters. The van der Waals surface area contributed by atoms with Crippen LogP contribution in [0.2, 0.25) is 0 Å². The van der Waals surface area contributed by atoms with Crippen molar-refractivity contribution in [2.24, 2.45) is 11.1 Å². The lowest BCUT2D eigenvalue weighted by Crippen LogP contribution is -2.41. The van der Waals surface area contributed by atoms with Gasteiger partial charge < -0.3 is 15.6 Å². The van der Waals surface area contributed by atoms with Crippen LogP contribution in [0.25, 0.3) is 0 Å². The molecular formula is C10H23NO2. The van der Waals surface area contributed by atoms with Gasteiger partial charge in [-0.1, -0.05) is 20.8 Å². The number of aliphatic hydroxyl groups excluding tert-OH is 1. The van der Waals surface area contributed by atoms with E-state index < -0.39 is 0 Å². The van der Waals surface area contributed by atoms with E-state index in [9.17, 15) is 0 Å². The maximum Gasteiger partial charge on any atom is 0.0782 e. The Kier molecular flexibility index (Phi) is 4.89. The van der Waals surface area contributed by atoms with Gasteiger partial charge >= 0.3 is 0 Å². The highest BCUT2D eigenvalue weighted by molar-refractivity contribution is 4.82. The molecule has 0 amide bonds. The predicted molar refractivity (Wildman–Crippen MR) is 54.6 cm³/mol. The number of nitrogens with two attached hydrogens (primary N) is 1. The van der Waals surface area contributed by atoms with E-state index in [1.165, 1.54) is 0 Å². The molecule has 13 heavy (non-hydrogen) atoms. The summed E-state index contributed by atoms with van der Waals surface area (Å²) in [5.41, 5.74) is 5.54. The summed E-state index contributed by atoms with van der Waals surface area (Å²) < 4.78 is 5.53. The summed E-state index contributed by atoms with van der Waals surface area (Å²) in [6, 6.07) is 0. The Morgan fingerprint density at radius 2 is 1.77 bits per heavy atom. The zero-order valence-electron chi connectivity index (χ0n) is 9.26. The van der Waals surface area contributed by atoms with Crippen LogP contribution in [0.15, 0.2) is 0 Å². The molecule has 0 aromatic rings. The second-order valence-electron chi connectivity index (χ2n) is 4.96. The largest absolute Gasteiger partial charge is 0.394 e. The van der Waals surface area contributed by atoms with Gasteiger partial charge in [0, 0.05) is 6.54 Å². The third kappa shape index (κ3) is 6.02. The summed E-state index contributed by atoms with van der Waals surface area (Å²) in [6.07, 6.45) is 0.899. The molecule has 3 nitrogen and oxygen atoms in total. The fourth-order valence-corrected chi connectivity index (χ4v) is 1.60. The molecule has 0 aromatic heterocycles. The van der Waals surface area contributed by atoms with E-state index in [0.29, 0.717) is 13.2 Å². The number of rotatable bonds is 5. The van der Waals surface area contributed by atoms with Gasteiger partial charge in [0.15, 0.2) is 0 Å². The zero-order chi connectivity index (χ0) is 10.5. The number of hydrogen-bond acceptors (Lipinski definition) is 3. The number of aliphatic hydroxyl groups is 1.